The third-order valence-electron chi connectivity index (χ3n) is 2.55. The lowest BCUT2D eigenvalue weighted by Gasteiger charge is -2.14. The SMILES string of the molecule is CN(C)c1cccc(Oc2ncccc2C(=O)O)c1. The largest absolute Gasteiger partial charge is 0.477 e. The minimum atomic E-state index is -1.06. The van der Waals surface area contributed by atoms with Crippen molar-refractivity contribution in [3.63, 3.8) is 0 Å². The van der Waals surface area contributed by atoms with Gasteiger partial charge in [-0.3, -0.25) is 0 Å². The van der Waals surface area contributed by atoms with E-state index in [1.165, 1.54) is 12.3 Å². The van der Waals surface area contributed by atoms with Crippen molar-refractivity contribution in [2.24, 2.45) is 0 Å². The summed E-state index contributed by atoms with van der Waals surface area (Å²) in [6.07, 6.45) is 1.50. The highest BCUT2D eigenvalue weighted by Gasteiger charge is 2.12. The molecule has 0 spiro atoms. The lowest BCUT2D eigenvalue weighted by molar-refractivity contribution is 0.0693. The first-order valence-corrected chi connectivity index (χ1v) is 5.71. The second-order valence-electron chi connectivity index (χ2n) is 4.16. The predicted octanol–water partition coefficient (Wildman–Crippen LogP) is 2.64. The zero-order chi connectivity index (χ0) is 13.8. The first-order valence-electron chi connectivity index (χ1n) is 5.71. The Bertz CT molecular complexity index is 597. The molecule has 0 unspecified atom stereocenters. The highest BCUT2D eigenvalue weighted by molar-refractivity contribution is 5.90. The normalized spacial score (nSPS) is 10.0. The monoisotopic (exact) mass is 258 g/mol. The number of carboxylic acids is 1. The Morgan fingerprint density at radius 2 is 2.05 bits per heavy atom. The van der Waals surface area contributed by atoms with Crippen LogP contribution >= 0.6 is 0 Å². The molecule has 0 amide bonds. The fraction of sp³-hybridized carbons (Fsp3) is 0.143. The fourth-order valence-electron chi connectivity index (χ4n) is 1.57. The lowest BCUT2D eigenvalue weighted by atomic mass is 10.2. The van der Waals surface area contributed by atoms with Crippen LogP contribution in [0.1, 0.15) is 10.4 Å². The zero-order valence-corrected chi connectivity index (χ0v) is 10.7. The van der Waals surface area contributed by atoms with Crippen molar-refractivity contribution in [1.82, 2.24) is 4.98 Å². The Balaban J connectivity index is 2.31. The Labute approximate surface area is 111 Å². The molecule has 0 bridgehead atoms. The number of carboxylic acid groups (broad SMARTS) is 1. The molecule has 1 aromatic heterocycles. The van der Waals surface area contributed by atoms with E-state index in [2.05, 4.69) is 4.98 Å². The van der Waals surface area contributed by atoms with E-state index in [4.69, 9.17) is 9.84 Å². The van der Waals surface area contributed by atoms with Crippen LogP contribution in [0, 0.1) is 0 Å². The summed E-state index contributed by atoms with van der Waals surface area (Å²) in [6.45, 7) is 0. The molecule has 0 aliphatic heterocycles. The molecule has 5 heteroatoms. The van der Waals surface area contributed by atoms with Crippen LogP contribution in [0.15, 0.2) is 42.6 Å². The van der Waals surface area contributed by atoms with Crippen LogP contribution in [0.4, 0.5) is 5.69 Å². The molecule has 0 aliphatic carbocycles. The van der Waals surface area contributed by atoms with Gasteiger partial charge in [0.15, 0.2) is 0 Å². The summed E-state index contributed by atoms with van der Waals surface area (Å²) in [5, 5.41) is 9.06. The maximum absolute atomic E-state index is 11.1. The van der Waals surface area contributed by atoms with Crippen molar-refractivity contribution in [2.75, 3.05) is 19.0 Å². The van der Waals surface area contributed by atoms with Crippen molar-refractivity contribution in [1.29, 1.82) is 0 Å². The molecule has 0 saturated carbocycles. The molecule has 5 nitrogen and oxygen atoms in total. The van der Waals surface area contributed by atoms with Gasteiger partial charge in [-0.1, -0.05) is 6.07 Å². The highest BCUT2D eigenvalue weighted by atomic mass is 16.5. The smallest absolute Gasteiger partial charge is 0.341 e. The molecule has 0 radical (unpaired) electrons. The number of pyridine rings is 1. The Morgan fingerprint density at radius 3 is 2.74 bits per heavy atom. The van der Waals surface area contributed by atoms with E-state index in [0.717, 1.165) is 5.69 Å². The highest BCUT2D eigenvalue weighted by Crippen LogP contribution is 2.26. The van der Waals surface area contributed by atoms with Gasteiger partial charge in [-0.2, -0.15) is 0 Å². The zero-order valence-electron chi connectivity index (χ0n) is 10.7. The molecule has 1 aromatic carbocycles. The van der Waals surface area contributed by atoms with Crippen LogP contribution in [-0.4, -0.2) is 30.2 Å². The summed E-state index contributed by atoms with van der Waals surface area (Å²) in [4.78, 5) is 16.9. The third kappa shape index (κ3) is 3.01. The van der Waals surface area contributed by atoms with Gasteiger partial charge in [-0.25, -0.2) is 9.78 Å². The van der Waals surface area contributed by atoms with Gasteiger partial charge in [0.05, 0.1) is 0 Å². The number of hydrogen-bond acceptors (Lipinski definition) is 4. The average Bonchev–Trinajstić information content (AvgIpc) is 2.39. The summed E-state index contributed by atoms with van der Waals surface area (Å²) in [7, 11) is 3.84. The number of aromatic nitrogens is 1. The minimum absolute atomic E-state index is 0.0396. The number of hydrogen-bond donors (Lipinski definition) is 1. The molecule has 2 rings (SSSR count). The molecule has 0 atom stereocenters. The van der Waals surface area contributed by atoms with Gasteiger partial charge < -0.3 is 14.7 Å². The average molecular weight is 258 g/mol. The standard InChI is InChI=1S/C14H14N2O3/c1-16(2)10-5-3-6-11(9-10)19-13-12(14(17)18)7-4-8-15-13/h3-9H,1-2H3,(H,17,18). The van der Waals surface area contributed by atoms with Crippen molar-refractivity contribution in [3.8, 4) is 11.6 Å². The van der Waals surface area contributed by atoms with Gasteiger partial charge in [0.25, 0.3) is 0 Å². The van der Waals surface area contributed by atoms with Crippen molar-refractivity contribution < 1.29 is 14.6 Å². The summed E-state index contributed by atoms with van der Waals surface area (Å²) in [5.41, 5.74) is 1.00. The van der Waals surface area contributed by atoms with Crippen LogP contribution in [0.2, 0.25) is 0 Å². The number of rotatable bonds is 4. The van der Waals surface area contributed by atoms with Gasteiger partial charge in [-0.05, 0) is 24.3 Å². The number of carbonyl (C=O) groups is 1. The van der Waals surface area contributed by atoms with Gasteiger partial charge in [0.1, 0.15) is 11.3 Å². The Hall–Kier alpha value is -2.56. The molecule has 2 aromatic rings. The van der Waals surface area contributed by atoms with Crippen molar-refractivity contribution in [2.45, 2.75) is 0 Å². The van der Waals surface area contributed by atoms with E-state index in [9.17, 15) is 4.79 Å². The van der Waals surface area contributed by atoms with Crippen molar-refractivity contribution in [3.05, 3.63) is 48.2 Å². The predicted molar refractivity (Wildman–Crippen MR) is 72.0 cm³/mol. The van der Waals surface area contributed by atoms with E-state index in [0.29, 0.717) is 5.75 Å². The van der Waals surface area contributed by atoms with Gasteiger partial charge >= 0.3 is 5.97 Å². The number of benzene rings is 1. The fourth-order valence-corrected chi connectivity index (χ4v) is 1.57. The van der Waals surface area contributed by atoms with E-state index in [1.54, 1.807) is 12.1 Å². The number of anilines is 1. The first-order chi connectivity index (χ1) is 9.08. The van der Waals surface area contributed by atoms with Gasteiger partial charge in [0.2, 0.25) is 5.88 Å². The second-order valence-corrected chi connectivity index (χ2v) is 4.16. The molecule has 1 N–H and O–H groups in total. The molecule has 0 fully saturated rings. The third-order valence-corrected chi connectivity index (χ3v) is 2.55. The van der Waals surface area contributed by atoms with Crippen LogP contribution in [0.5, 0.6) is 11.6 Å². The van der Waals surface area contributed by atoms with Crippen LogP contribution < -0.4 is 9.64 Å². The number of aromatic carboxylic acids is 1. The summed E-state index contributed by atoms with van der Waals surface area (Å²) in [6, 6.07) is 10.4. The Morgan fingerprint density at radius 1 is 1.26 bits per heavy atom. The summed E-state index contributed by atoms with van der Waals surface area (Å²) in [5.74, 6) is -0.426. The molecule has 19 heavy (non-hydrogen) atoms. The molecule has 98 valence electrons. The number of ether oxygens (including phenoxy) is 1. The molecule has 0 aliphatic rings. The molecule has 1 heterocycles. The maximum atomic E-state index is 11.1. The lowest BCUT2D eigenvalue weighted by Crippen LogP contribution is -2.08. The van der Waals surface area contributed by atoms with E-state index in [1.807, 2.05) is 37.2 Å². The van der Waals surface area contributed by atoms with Gasteiger partial charge in [-0.15, -0.1) is 0 Å². The first kappa shape index (κ1) is 12.9. The van der Waals surface area contributed by atoms with E-state index in [-0.39, 0.29) is 11.4 Å². The van der Waals surface area contributed by atoms with Crippen LogP contribution in [0.3, 0.4) is 0 Å². The summed E-state index contributed by atoms with van der Waals surface area (Å²) < 4.78 is 5.54. The van der Waals surface area contributed by atoms with Gasteiger partial charge in [0, 0.05) is 32.0 Å². The maximum Gasteiger partial charge on any atom is 0.341 e. The van der Waals surface area contributed by atoms with Crippen LogP contribution in [0.25, 0.3) is 0 Å². The van der Waals surface area contributed by atoms with E-state index < -0.39 is 5.97 Å². The van der Waals surface area contributed by atoms with Crippen LogP contribution in [-0.2, 0) is 0 Å². The Kier molecular flexibility index (Phi) is 3.66. The van der Waals surface area contributed by atoms with E-state index >= 15 is 0 Å². The molecule has 0 saturated heterocycles. The minimum Gasteiger partial charge on any atom is -0.477 e. The summed E-state index contributed by atoms with van der Waals surface area (Å²) >= 11 is 0. The number of nitrogens with zero attached hydrogens (tertiary/aromatic N) is 2. The topological polar surface area (TPSA) is 62.7 Å². The van der Waals surface area contributed by atoms with Crippen molar-refractivity contribution >= 4 is 11.7 Å². The second kappa shape index (κ2) is 5.39. The molecular weight excluding hydrogens is 244 g/mol. The molecular formula is C14H14N2O3. The quantitative estimate of drug-likeness (QED) is 0.913.